The van der Waals surface area contributed by atoms with Gasteiger partial charge in [0.05, 0.1) is 6.33 Å². The molecule has 2 aromatic heterocycles. The number of furan rings is 1. The van der Waals surface area contributed by atoms with Crippen LogP contribution in [0.5, 0.6) is 0 Å². The summed E-state index contributed by atoms with van der Waals surface area (Å²) >= 11 is 0. The molecule has 0 saturated carbocycles. The van der Waals surface area contributed by atoms with Gasteiger partial charge in [0.25, 0.3) is 11.5 Å². The molecule has 3 amide bonds. The molecule has 2 N–H and O–H groups in total. The number of hydrogen-bond acceptors (Lipinski definition) is 5. The lowest BCUT2D eigenvalue weighted by molar-refractivity contribution is -0.122. The summed E-state index contributed by atoms with van der Waals surface area (Å²) in [6, 6.07) is 5.65. The van der Waals surface area contributed by atoms with Gasteiger partial charge >= 0.3 is 6.03 Å². The van der Waals surface area contributed by atoms with Crippen LogP contribution < -0.4 is 16.2 Å². The molecule has 1 aromatic carbocycles. The van der Waals surface area contributed by atoms with E-state index in [1.165, 1.54) is 13.3 Å². The van der Waals surface area contributed by atoms with Crippen LogP contribution in [-0.4, -0.2) is 28.0 Å². The number of urea groups is 1. The molecule has 1 unspecified atom stereocenters. The Morgan fingerprint density at radius 2 is 2.08 bits per heavy atom. The molecule has 3 aromatic rings. The molecule has 0 spiro atoms. The summed E-state index contributed by atoms with van der Waals surface area (Å²) in [5.74, 6) is -0.611. The van der Waals surface area contributed by atoms with Crippen LogP contribution in [0.2, 0.25) is 0 Å². The number of carbonyl (C=O) groups is 2. The highest BCUT2D eigenvalue weighted by Gasteiger charge is 2.21. The summed E-state index contributed by atoms with van der Waals surface area (Å²) in [4.78, 5) is 40.4. The molecule has 8 heteroatoms. The zero-order valence-corrected chi connectivity index (χ0v) is 13.2. The third-order valence-corrected chi connectivity index (χ3v) is 3.68. The maximum Gasteiger partial charge on any atom is 0.321 e. The van der Waals surface area contributed by atoms with Crippen LogP contribution >= 0.6 is 0 Å². The molecule has 1 atom stereocenters. The molecule has 0 fully saturated rings. The fourth-order valence-corrected chi connectivity index (χ4v) is 2.42. The number of para-hydroxylation sites is 1. The highest BCUT2D eigenvalue weighted by Crippen LogP contribution is 2.24. The van der Waals surface area contributed by atoms with Gasteiger partial charge in [-0.25, -0.2) is 9.78 Å². The highest BCUT2D eigenvalue weighted by molar-refractivity contribution is 6.02. The normalized spacial score (nSPS) is 12.2. The average Bonchev–Trinajstić information content (AvgIpc) is 2.94. The second kappa shape index (κ2) is 6.15. The van der Waals surface area contributed by atoms with Crippen molar-refractivity contribution in [1.82, 2.24) is 20.2 Å². The van der Waals surface area contributed by atoms with E-state index in [0.717, 1.165) is 9.95 Å². The van der Waals surface area contributed by atoms with Crippen LogP contribution in [0.15, 0.2) is 39.8 Å². The van der Waals surface area contributed by atoms with Gasteiger partial charge in [-0.1, -0.05) is 12.1 Å². The van der Waals surface area contributed by atoms with Crippen molar-refractivity contribution >= 4 is 34.0 Å². The number of imide groups is 1. The first kappa shape index (κ1) is 15.7. The predicted molar refractivity (Wildman–Crippen MR) is 87.7 cm³/mol. The van der Waals surface area contributed by atoms with Gasteiger partial charge < -0.3 is 9.73 Å². The lowest BCUT2D eigenvalue weighted by atomic mass is 10.2. The lowest BCUT2D eigenvalue weighted by Gasteiger charge is -2.13. The van der Waals surface area contributed by atoms with Crippen LogP contribution in [0, 0.1) is 0 Å². The van der Waals surface area contributed by atoms with Crippen molar-refractivity contribution in [2.45, 2.75) is 19.9 Å². The minimum absolute atomic E-state index is 0.0800. The fourth-order valence-electron chi connectivity index (χ4n) is 2.42. The van der Waals surface area contributed by atoms with Crippen molar-refractivity contribution in [1.29, 1.82) is 0 Å². The van der Waals surface area contributed by atoms with Crippen LogP contribution in [-0.2, 0) is 4.79 Å². The van der Waals surface area contributed by atoms with E-state index in [-0.39, 0.29) is 5.58 Å². The molecule has 24 heavy (non-hydrogen) atoms. The maximum atomic E-state index is 12.6. The molecule has 124 valence electrons. The van der Waals surface area contributed by atoms with Gasteiger partial charge in [-0.3, -0.25) is 19.5 Å². The van der Waals surface area contributed by atoms with Gasteiger partial charge in [0, 0.05) is 11.9 Å². The van der Waals surface area contributed by atoms with Gasteiger partial charge in [0.2, 0.25) is 5.58 Å². The highest BCUT2D eigenvalue weighted by atomic mass is 16.3. The maximum absolute atomic E-state index is 12.6. The first-order valence-corrected chi connectivity index (χ1v) is 7.50. The Bertz CT molecular complexity index is 989. The smallest absolute Gasteiger partial charge is 0.321 e. The van der Waals surface area contributed by atoms with Crippen LogP contribution in [0.1, 0.15) is 19.9 Å². The molecule has 2 heterocycles. The van der Waals surface area contributed by atoms with Crippen molar-refractivity contribution in [3.63, 3.8) is 0 Å². The van der Waals surface area contributed by atoms with E-state index in [2.05, 4.69) is 15.6 Å². The largest absolute Gasteiger partial charge is 0.448 e. The molecule has 0 aliphatic carbocycles. The van der Waals surface area contributed by atoms with Crippen LogP contribution in [0.3, 0.4) is 0 Å². The number of hydrogen-bond donors (Lipinski definition) is 2. The summed E-state index contributed by atoms with van der Waals surface area (Å²) in [7, 11) is 0. The minimum atomic E-state index is -0.912. The summed E-state index contributed by atoms with van der Waals surface area (Å²) in [5.41, 5.74) is 0.601. The Morgan fingerprint density at radius 1 is 1.33 bits per heavy atom. The standard InChI is InChI=1S/C16H16N4O4/c1-3-17-16(23)19-14(21)9(2)20-8-18-12-10-6-4-5-7-11(10)24-13(12)15(20)22/h4-9H,3H2,1-2H3,(H2,17,19,21,23). The van der Waals surface area contributed by atoms with Gasteiger partial charge in [0.1, 0.15) is 17.1 Å². The molecule has 3 rings (SSSR count). The molecule has 0 saturated heterocycles. The Hall–Kier alpha value is -3.16. The van der Waals surface area contributed by atoms with E-state index in [4.69, 9.17) is 4.42 Å². The third kappa shape index (κ3) is 2.62. The zero-order valence-electron chi connectivity index (χ0n) is 13.2. The van der Waals surface area contributed by atoms with Crippen molar-refractivity contribution in [3.8, 4) is 0 Å². The van der Waals surface area contributed by atoms with Crippen LogP contribution in [0.4, 0.5) is 4.79 Å². The summed E-state index contributed by atoms with van der Waals surface area (Å²) in [6.45, 7) is 3.63. The Labute approximate surface area is 136 Å². The molecule has 8 nitrogen and oxygen atoms in total. The molecule has 0 aliphatic heterocycles. The van der Waals surface area contributed by atoms with Crippen molar-refractivity contribution in [2.75, 3.05) is 6.54 Å². The van der Waals surface area contributed by atoms with E-state index in [1.54, 1.807) is 19.1 Å². The van der Waals surface area contributed by atoms with E-state index in [1.807, 2.05) is 12.1 Å². The molecule has 0 radical (unpaired) electrons. The first-order valence-electron chi connectivity index (χ1n) is 7.50. The first-order chi connectivity index (χ1) is 11.5. The van der Waals surface area contributed by atoms with Gasteiger partial charge in [-0.15, -0.1) is 0 Å². The predicted octanol–water partition coefficient (Wildman–Crippen LogP) is 1.55. The summed E-state index contributed by atoms with van der Waals surface area (Å²) < 4.78 is 6.70. The van der Waals surface area contributed by atoms with Crippen molar-refractivity contribution < 1.29 is 14.0 Å². The number of fused-ring (bicyclic) bond motifs is 3. The number of rotatable bonds is 3. The molecule has 0 bridgehead atoms. The number of benzene rings is 1. The monoisotopic (exact) mass is 328 g/mol. The van der Waals surface area contributed by atoms with Gasteiger partial charge in [-0.2, -0.15) is 0 Å². The zero-order chi connectivity index (χ0) is 17.3. The van der Waals surface area contributed by atoms with Gasteiger partial charge in [-0.05, 0) is 26.0 Å². The molecule has 0 aliphatic rings. The van der Waals surface area contributed by atoms with Gasteiger partial charge in [0.15, 0.2) is 0 Å². The fraction of sp³-hybridized carbons (Fsp3) is 0.250. The average molecular weight is 328 g/mol. The number of aromatic nitrogens is 2. The van der Waals surface area contributed by atoms with E-state index < -0.39 is 23.5 Å². The Morgan fingerprint density at radius 3 is 2.83 bits per heavy atom. The van der Waals surface area contributed by atoms with E-state index in [9.17, 15) is 14.4 Å². The van der Waals surface area contributed by atoms with E-state index in [0.29, 0.717) is 17.6 Å². The number of nitrogens with one attached hydrogen (secondary N) is 2. The molecular formula is C16H16N4O4. The summed E-state index contributed by atoms with van der Waals surface area (Å²) in [5, 5.41) is 5.36. The molecular weight excluding hydrogens is 312 g/mol. The van der Waals surface area contributed by atoms with Crippen LogP contribution in [0.25, 0.3) is 22.1 Å². The number of amides is 3. The third-order valence-electron chi connectivity index (χ3n) is 3.68. The quantitative estimate of drug-likeness (QED) is 0.758. The number of carbonyl (C=O) groups excluding carboxylic acids is 2. The minimum Gasteiger partial charge on any atom is -0.448 e. The second-order valence-electron chi connectivity index (χ2n) is 5.26. The second-order valence-corrected chi connectivity index (χ2v) is 5.26. The van der Waals surface area contributed by atoms with Crippen molar-refractivity contribution in [2.24, 2.45) is 0 Å². The SMILES string of the molecule is CCNC(=O)NC(=O)C(C)n1cnc2c(oc3ccccc32)c1=O. The van der Waals surface area contributed by atoms with E-state index >= 15 is 0 Å². The topological polar surface area (TPSA) is 106 Å². The number of nitrogens with zero attached hydrogens (tertiary/aromatic N) is 2. The Balaban J connectivity index is 1.99. The summed E-state index contributed by atoms with van der Waals surface area (Å²) in [6.07, 6.45) is 1.29. The van der Waals surface area contributed by atoms with Crippen molar-refractivity contribution in [3.05, 3.63) is 40.9 Å². The Kier molecular flexibility index (Phi) is 4.03. The lowest BCUT2D eigenvalue weighted by Crippen LogP contribution is -2.43.